The lowest BCUT2D eigenvalue weighted by Crippen LogP contribution is -2.00. The van der Waals surface area contributed by atoms with E-state index >= 15 is 0 Å². The average Bonchev–Trinajstić information content (AvgIpc) is 2.67. The van der Waals surface area contributed by atoms with Crippen molar-refractivity contribution in [3.63, 3.8) is 0 Å². The van der Waals surface area contributed by atoms with E-state index in [1.165, 1.54) is 17.7 Å². The Morgan fingerprint density at radius 3 is 1.75 bits per heavy atom. The summed E-state index contributed by atoms with van der Waals surface area (Å²) in [5.74, 6) is -0.686. The maximum atomic E-state index is 14.1. The van der Waals surface area contributed by atoms with Gasteiger partial charge in [0, 0.05) is 11.6 Å². The Hall–Kier alpha value is -2.88. The van der Waals surface area contributed by atoms with E-state index in [1.807, 2.05) is 24.3 Å². The van der Waals surface area contributed by atoms with Crippen molar-refractivity contribution >= 4 is 6.08 Å². The molecule has 0 bridgehead atoms. The van der Waals surface area contributed by atoms with Crippen molar-refractivity contribution in [2.45, 2.75) is 25.9 Å². The van der Waals surface area contributed by atoms with Crippen LogP contribution in [-0.2, 0) is 6.42 Å². The van der Waals surface area contributed by atoms with Gasteiger partial charge in [0.05, 0.1) is 0 Å². The smallest absolute Gasteiger partial charge is 0.206 e. The summed E-state index contributed by atoms with van der Waals surface area (Å²) < 4.78 is 50.9. The monoisotopic (exact) mass is 384 g/mol. The summed E-state index contributed by atoms with van der Waals surface area (Å²) in [6.07, 6.45) is -1.53. The maximum Gasteiger partial charge on any atom is 0.409 e. The number of rotatable bonds is 5. The van der Waals surface area contributed by atoms with Gasteiger partial charge in [-0.15, -0.1) is 0 Å². The van der Waals surface area contributed by atoms with Crippen molar-refractivity contribution in [1.82, 2.24) is 0 Å². The van der Waals surface area contributed by atoms with E-state index in [4.69, 9.17) is 0 Å². The maximum absolute atomic E-state index is 14.1. The molecule has 0 atom stereocenters. The van der Waals surface area contributed by atoms with E-state index in [0.717, 1.165) is 35.6 Å². The minimum atomic E-state index is -4.46. The molecule has 0 fully saturated rings. The zero-order valence-corrected chi connectivity index (χ0v) is 15.4. The molecule has 0 aliphatic rings. The second-order valence-electron chi connectivity index (χ2n) is 6.64. The second-order valence-corrected chi connectivity index (χ2v) is 6.64. The Morgan fingerprint density at radius 1 is 0.750 bits per heavy atom. The first-order valence-electron chi connectivity index (χ1n) is 9.11. The van der Waals surface area contributed by atoms with E-state index in [-0.39, 0.29) is 11.6 Å². The summed E-state index contributed by atoms with van der Waals surface area (Å²) in [6.45, 7) is 2.15. The standard InChI is InChI=1S/C24H20F4/c1-2-3-17-4-6-18(7-5-17)19-8-10-20(11-9-19)22-13-12-21(23(25)16-22)14-15-24(26,27)28/h4-16H,2-3H2,1H3. The van der Waals surface area contributed by atoms with Crippen LogP contribution in [0.15, 0.2) is 72.8 Å². The van der Waals surface area contributed by atoms with Gasteiger partial charge < -0.3 is 0 Å². The van der Waals surface area contributed by atoms with Crippen molar-refractivity contribution in [1.29, 1.82) is 0 Å². The summed E-state index contributed by atoms with van der Waals surface area (Å²) in [5.41, 5.74) is 4.79. The second kappa shape index (κ2) is 8.42. The lowest BCUT2D eigenvalue weighted by Gasteiger charge is -2.07. The van der Waals surface area contributed by atoms with Gasteiger partial charge in [-0.3, -0.25) is 0 Å². The Kier molecular flexibility index (Phi) is 5.98. The molecule has 3 rings (SSSR count). The summed E-state index contributed by atoms with van der Waals surface area (Å²) >= 11 is 0. The van der Waals surface area contributed by atoms with Crippen LogP contribution in [0, 0.1) is 5.82 Å². The van der Waals surface area contributed by atoms with E-state index < -0.39 is 12.0 Å². The van der Waals surface area contributed by atoms with Crippen LogP contribution in [0.2, 0.25) is 0 Å². The lowest BCUT2D eigenvalue weighted by molar-refractivity contribution is -0.0790. The van der Waals surface area contributed by atoms with Crippen LogP contribution in [0.25, 0.3) is 28.3 Å². The SMILES string of the molecule is CCCc1ccc(-c2ccc(-c3ccc(C=CC(F)(F)F)c(F)c3)cc2)cc1. The highest BCUT2D eigenvalue weighted by atomic mass is 19.4. The fourth-order valence-corrected chi connectivity index (χ4v) is 3.03. The summed E-state index contributed by atoms with van der Waals surface area (Å²) in [4.78, 5) is 0. The normalized spacial score (nSPS) is 11.9. The minimum absolute atomic E-state index is 0.0334. The Bertz CT molecular complexity index is 949. The number of halogens is 4. The van der Waals surface area contributed by atoms with Crippen LogP contribution in [0.1, 0.15) is 24.5 Å². The van der Waals surface area contributed by atoms with Gasteiger partial charge >= 0.3 is 6.18 Å². The molecule has 0 radical (unpaired) electrons. The molecule has 0 N–H and O–H groups in total. The molecule has 0 heterocycles. The third-order valence-electron chi connectivity index (χ3n) is 4.50. The largest absolute Gasteiger partial charge is 0.409 e. The van der Waals surface area contributed by atoms with Crippen LogP contribution in [-0.4, -0.2) is 6.18 Å². The predicted octanol–water partition coefficient (Wildman–Crippen LogP) is 7.69. The van der Waals surface area contributed by atoms with Gasteiger partial charge in [0.1, 0.15) is 5.82 Å². The Morgan fingerprint density at radius 2 is 1.25 bits per heavy atom. The third-order valence-corrected chi connectivity index (χ3v) is 4.50. The van der Waals surface area contributed by atoms with Crippen LogP contribution in [0.4, 0.5) is 17.6 Å². The van der Waals surface area contributed by atoms with Crippen LogP contribution in [0.3, 0.4) is 0 Å². The zero-order valence-electron chi connectivity index (χ0n) is 15.4. The molecule has 4 heteroatoms. The van der Waals surface area contributed by atoms with Gasteiger partial charge in [-0.2, -0.15) is 13.2 Å². The molecule has 0 aliphatic heterocycles. The molecule has 0 unspecified atom stereocenters. The minimum Gasteiger partial charge on any atom is -0.206 e. The lowest BCUT2D eigenvalue weighted by atomic mass is 9.98. The molecule has 144 valence electrons. The summed E-state index contributed by atoms with van der Waals surface area (Å²) in [5, 5.41) is 0. The van der Waals surface area contributed by atoms with E-state index in [2.05, 4.69) is 31.2 Å². The van der Waals surface area contributed by atoms with E-state index in [9.17, 15) is 17.6 Å². The molecular weight excluding hydrogens is 364 g/mol. The number of hydrogen-bond acceptors (Lipinski definition) is 0. The van der Waals surface area contributed by atoms with Gasteiger partial charge in [0.25, 0.3) is 0 Å². The molecule has 3 aromatic rings. The first-order chi connectivity index (χ1) is 13.4. The fourth-order valence-electron chi connectivity index (χ4n) is 3.03. The van der Waals surface area contributed by atoms with Crippen molar-refractivity contribution in [2.75, 3.05) is 0 Å². The third kappa shape index (κ3) is 5.10. The zero-order chi connectivity index (χ0) is 20.1. The topological polar surface area (TPSA) is 0 Å². The molecule has 0 saturated heterocycles. The van der Waals surface area contributed by atoms with E-state index in [0.29, 0.717) is 5.56 Å². The number of allylic oxidation sites excluding steroid dienone is 1. The molecule has 0 aromatic heterocycles. The van der Waals surface area contributed by atoms with Gasteiger partial charge in [0.15, 0.2) is 0 Å². The van der Waals surface area contributed by atoms with E-state index in [1.54, 1.807) is 6.07 Å². The van der Waals surface area contributed by atoms with Crippen LogP contribution < -0.4 is 0 Å². The van der Waals surface area contributed by atoms with Crippen molar-refractivity contribution in [3.8, 4) is 22.3 Å². The summed E-state index contributed by atoms with van der Waals surface area (Å²) in [6, 6.07) is 20.3. The van der Waals surface area contributed by atoms with Crippen LogP contribution in [0.5, 0.6) is 0 Å². The highest BCUT2D eigenvalue weighted by Crippen LogP contribution is 2.27. The molecule has 0 saturated carbocycles. The molecule has 3 aromatic carbocycles. The first kappa shape index (κ1) is 19.9. The van der Waals surface area contributed by atoms with Crippen molar-refractivity contribution in [2.24, 2.45) is 0 Å². The van der Waals surface area contributed by atoms with Crippen molar-refractivity contribution < 1.29 is 17.6 Å². The number of hydrogen-bond donors (Lipinski definition) is 0. The fraction of sp³-hybridized carbons (Fsp3) is 0.167. The molecule has 0 amide bonds. The van der Waals surface area contributed by atoms with Crippen LogP contribution >= 0.6 is 0 Å². The Labute approximate surface area is 162 Å². The first-order valence-corrected chi connectivity index (χ1v) is 9.11. The molecule has 0 nitrogen and oxygen atoms in total. The number of alkyl halides is 3. The van der Waals surface area contributed by atoms with Gasteiger partial charge in [-0.1, -0.05) is 74.0 Å². The molecule has 0 spiro atoms. The molecule has 28 heavy (non-hydrogen) atoms. The van der Waals surface area contributed by atoms with Gasteiger partial charge in [-0.25, -0.2) is 4.39 Å². The quantitative estimate of drug-likeness (QED) is 0.396. The van der Waals surface area contributed by atoms with Gasteiger partial charge in [-0.05, 0) is 46.4 Å². The predicted molar refractivity (Wildman–Crippen MR) is 106 cm³/mol. The van der Waals surface area contributed by atoms with Crippen molar-refractivity contribution in [3.05, 3.63) is 89.8 Å². The number of aryl methyl sites for hydroxylation is 1. The highest BCUT2D eigenvalue weighted by Gasteiger charge is 2.22. The molecule has 0 aliphatic carbocycles. The number of benzene rings is 3. The Balaban J connectivity index is 1.79. The highest BCUT2D eigenvalue weighted by molar-refractivity contribution is 5.71. The summed E-state index contributed by atoms with van der Waals surface area (Å²) in [7, 11) is 0. The average molecular weight is 384 g/mol. The van der Waals surface area contributed by atoms with Gasteiger partial charge in [0.2, 0.25) is 0 Å². The molecular formula is C24H20F4.